The van der Waals surface area contributed by atoms with Crippen molar-refractivity contribution < 1.29 is 17.5 Å². The Kier molecular flexibility index (Phi) is 6.36. The van der Waals surface area contributed by atoms with Crippen LogP contribution in [-0.4, -0.2) is 28.6 Å². The van der Waals surface area contributed by atoms with Crippen molar-refractivity contribution >= 4 is 21.4 Å². The van der Waals surface area contributed by atoms with Gasteiger partial charge in [-0.1, -0.05) is 30.3 Å². The second kappa shape index (κ2) is 8.93. The third-order valence-corrected chi connectivity index (χ3v) is 5.63. The van der Waals surface area contributed by atoms with Crippen molar-refractivity contribution in [2.24, 2.45) is 5.73 Å². The third-order valence-electron chi connectivity index (χ3n) is 4.23. The van der Waals surface area contributed by atoms with Crippen molar-refractivity contribution in [1.29, 1.82) is 0 Å². The van der Waals surface area contributed by atoms with Gasteiger partial charge in [-0.2, -0.15) is 0 Å². The largest absolute Gasteiger partial charge is 0.495 e. The SMILES string of the molecule is COc1ccc(-c2ccccc2F)cc1S(=O)(=O)Nc1cccc(NCCN)c1. The van der Waals surface area contributed by atoms with E-state index in [1.165, 1.54) is 25.3 Å². The van der Waals surface area contributed by atoms with Crippen molar-refractivity contribution in [3.05, 3.63) is 72.5 Å². The maximum atomic E-state index is 14.2. The minimum atomic E-state index is -3.99. The van der Waals surface area contributed by atoms with E-state index in [4.69, 9.17) is 10.5 Å². The van der Waals surface area contributed by atoms with E-state index in [1.807, 2.05) is 6.07 Å². The summed E-state index contributed by atoms with van der Waals surface area (Å²) in [5.41, 5.74) is 7.34. The summed E-state index contributed by atoms with van der Waals surface area (Å²) in [6.07, 6.45) is 0. The van der Waals surface area contributed by atoms with Crippen LogP contribution in [-0.2, 0) is 10.0 Å². The van der Waals surface area contributed by atoms with Gasteiger partial charge in [0.1, 0.15) is 16.5 Å². The summed E-state index contributed by atoms with van der Waals surface area (Å²) in [6, 6.07) is 17.6. The zero-order chi connectivity index (χ0) is 20.9. The molecule has 0 aromatic heterocycles. The lowest BCUT2D eigenvalue weighted by Crippen LogP contribution is -2.15. The normalized spacial score (nSPS) is 11.1. The number of nitrogens with two attached hydrogens (primary N) is 1. The number of rotatable bonds is 8. The Bertz CT molecular complexity index is 1100. The summed E-state index contributed by atoms with van der Waals surface area (Å²) >= 11 is 0. The van der Waals surface area contributed by atoms with E-state index in [1.54, 1.807) is 42.5 Å². The molecule has 0 radical (unpaired) electrons. The predicted octanol–water partition coefficient (Wildman–Crippen LogP) is 3.67. The molecule has 0 spiro atoms. The molecule has 0 saturated carbocycles. The van der Waals surface area contributed by atoms with Crippen LogP contribution in [0.15, 0.2) is 71.6 Å². The van der Waals surface area contributed by atoms with Crippen molar-refractivity contribution in [2.75, 3.05) is 30.2 Å². The Labute approximate surface area is 169 Å². The lowest BCUT2D eigenvalue weighted by Gasteiger charge is -2.14. The monoisotopic (exact) mass is 415 g/mol. The Morgan fingerprint density at radius 2 is 1.76 bits per heavy atom. The van der Waals surface area contributed by atoms with Crippen LogP contribution >= 0.6 is 0 Å². The van der Waals surface area contributed by atoms with E-state index in [9.17, 15) is 12.8 Å². The van der Waals surface area contributed by atoms with E-state index in [0.717, 1.165) is 5.69 Å². The number of sulfonamides is 1. The molecule has 3 rings (SSSR count). The van der Waals surface area contributed by atoms with Gasteiger partial charge in [0, 0.05) is 24.3 Å². The van der Waals surface area contributed by atoms with Gasteiger partial charge in [0.2, 0.25) is 0 Å². The lowest BCUT2D eigenvalue weighted by molar-refractivity contribution is 0.403. The van der Waals surface area contributed by atoms with Crippen LogP contribution in [0.25, 0.3) is 11.1 Å². The van der Waals surface area contributed by atoms with Crippen molar-refractivity contribution in [2.45, 2.75) is 4.90 Å². The van der Waals surface area contributed by atoms with E-state index >= 15 is 0 Å². The van der Waals surface area contributed by atoms with E-state index in [-0.39, 0.29) is 10.6 Å². The highest BCUT2D eigenvalue weighted by molar-refractivity contribution is 7.92. The van der Waals surface area contributed by atoms with Crippen molar-refractivity contribution in [3.8, 4) is 16.9 Å². The van der Waals surface area contributed by atoms with Gasteiger partial charge in [0.15, 0.2) is 0 Å². The number of anilines is 2. The lowest BCUT2D eigenvalue weighted by atomic mass is 10.1. The first-order valence-corrected chi connectivity index (χ1v) is 10.4. The molecule has 0 aliphatic rings. The Morgan fingerprint density at radius 1 is 1.00 bits per heavy atom. The number of nitrogens with one attached hydrogen (secondary N) is 2. The average molecular weight is 415 g/mol. The number of hydrogen-bond acceptors (Lipinski definition) is 5. The highest BCUT2D eigenvalue weighted by Gasteiger charge is 2.21. The smallest absolute Gasteiger partial charge is 0.265 e. The van der Waals surface area contributed by atoms with E-state index < -0.39 is 15.8 Å². The van der Waals surface area contributed by atoms with Crippen LogP contribution in [0.5, 0.6) is 5.75 Å². The first-order valence-electron chi connectivity index (χ1n) is 8.94. The van der Waals surface area contributed by atoms with Gasteiger partial charge in [-0.15, -0.1) is 0 Å². The van der Waals surface area contributed by atoms with Gasteiger partial charge in [-0.05, 0) is 42.0 Å². The molecule has 152 valence electrons. The number of ether oxygens (including phenoxy) is 1. The summed E-state index contributed by atoms with van der Waals surface area (Å²) in [5, 5.41) is 3.09. The fourth-order valence-corrected chi connectivity index (χ4v) is 4.11. The molecular weight excluding hydrogens is 393 g/mol. The first kappa shape index (κ1) is 20.6. The number of hydrogen-bond donors (Lipinski definition) is 3. The van der Waals surface area contributed by atoms with Crippen LogP contribution in [0, 0.1) is 5.82 Å². The van der Waals surface area contributed by atoms with Crippen LogP contribution < -0.4 is 20.5 Å². The van der Waals surface area contributed by atoms with Gasteiger partial charge in [-0.25, -0.2) is 12.8 Å². The fourth-order valence-electron chi connectivity index (χ4n) is 2.87. The van der Waals surface area contributed by atoms with Crippen molar-refractivity contribution in [3.63, 3.8) is 0 Å². The molecule has 0 fully saturated rings. The molecule has 3 aromatic carbocycles. The highest BCUT2D eigenvalue weighted by Crippen LogP contribution is 2.32. The Balaban J connectivity index is 1.98. The zero-order valence-electron chi connectivity index (χ0n) is 15.9. The molecule has 6 nitrogen and oxygen atoms in total. The van der Waals surface area contributed by atoms with E-state index in [0.29, 0.717) is 29.9 Å². The standard InChI is InChI=1S/C21H22FN3O3S/c1-28-20-10-9-15(18-7-2-3-8-19(18)22)13-21(20)29(26,27)25-17-6-4-5-16(14-17)24-12-11-23/h2-10,13-14,24-25H,11-12,23H2,1H3. The van der Waals surface area contributed by atoms with Gasteiger partial charge >= 0.3 is 0 Å². The number of benzene rings is 3. The molecule has 4 N–H and O–H groups in total. The number of halogens is 1. The Morgan fingerprint density at radius 3 is 2.48 bits per heavy atom. The summed E-state index contributed by atoms with van der Waals surface area (Å²) in [6.45, 7) is 1.02. The zero-order valence-corrected chi connectivity index (χ0v) is 16.7. The predicted molar refractivity (Wildman–Crippen MR) is 113 cm³/mol. The molecule has 0 heterocycles. The minimum Gasteiger partial charge on any atom is -0.495 e. The van der Waals surface area contributed by atoms with Crippen LogP contribution in [0.4, 0.5) is 15.8 Å². The van der Waals surface area contributed by atoms with E-state index in [2.05, 4.69) is 10.0 Å². The molecule has 0 aliphatic heterocycles. The van der Waals surface area contributed by atoms with Gasteiger partial charge < -0.3 is 15.8 Å². The maximum Gasteiger partial charge on any atom is 0.265 e. The summed E-state index contributed by atoms with van der Waals surface area (Å²) in [4.78, 5) is -0.0823. The van der Waals surface area contributed by atoms with Crippen LogP contribution in [0.3, 0.4) is 0 Å². The topological polar surface area (TPSA) is 93.5 Å². The minimum absolute atomic E-state index is 0.0823. The molecule has 0 unspecified atom stereocenters. The quantitative estimate of drug-likeness (QED) is 0.522. The molecule has 0 saturated heterocycles. The fraction of sp³-hybridized carbons (Fsp3) is 0.143. The summed E-state index contributed by atoms with van der Waals surface area (Å²) in [7, 11) is -2.60. The van der Waals surface area contributed by atoms with Gasteiger partial charge in [-0.3, -0.25) is 4.72 Å². The molecule has 0 aliphatic carbocycles. The molecule has 8 heteroatoms. The molecule has 29 heavy (non-hydrogen) atoms. The molecule has 0 amide bonds. The van der Waals surface area contributed by atoms with Gasteiger partial charge in [0.25, 0.3) is 10.0 Å². The summed E-state index contributed by atoms with van der Waals surface area (Å²) < 4.78 is 48.0. The number of methoxy groups -OCH3 is 1. The second-order valence-electron chi connectivity index (χ2n) is 6.25. The maximum absolute atomic E-state index is 14.2. The van der Waals surface area contributed by atoms with Crippen LogP contribution in [0.1, 0.15) is 0 Å². The average Bonchev–Trinajstić information content (AvgIpc) is 2.72. The molecular formula is C21H22FN3O3S. The third kappa shape index (κ3) is 4.85. The summed E-state index contributed by atoms with van der Waals surface area (Å²) in [5.74, 6) is -0.275. The van der Waals surface area contributed by atoms with Crippen molar-refractivity contribution in [1.82, 2.24) is 0 Å². The second-order valence-corrected chi connectivity index (χ2v) is 7.90. The highest BCUT2D eigenvalue weighted by atomic mass is 32.2. The van der Waals surface area contributed by atoms with Gasteiger partial charge in [0.05, 0.1) is 12.8 Å². The molecule has 0 atom stereocenters. The molecule has 3 aromatic rings. The van der Waals surface area contributed by atoms with Crippen LogP contribution in [0.2, 0.25) is 0 Å². The molecule has 0 bridgehead atoms. The first-order chi connectivity index (χ1) is 13.9. The Hall–Kier alpha value is -3.10.